The number of amides is 5. The Hall–Kier alpha value is -3.24. The average molecular weight is 618 g/mol. The van der Waals surface area contributed by atoms with Crippen LogP contribution >= 0.6 is 0 Å². The number of Topliss-reactive ketones (excluding diaryl/α,β-unsaturated/α-hetero) is 2. The van der Waals surface area contributed by atoms with E-state index in [9.17, 15) is 28.8 Å². The minimum Gasteiger partial charge on any atom is -0.347 e. The average Bonchev–Trinajstić information content (AvgIpc) is 3.38. The lowest BCUT2D eigenvalue weighted by Gasteiger charge is -2.41. The van der Waals surface area contributed by atoms with Crippen molar-refractivity contribution in [3.8, 4) is 0 Å². The van der Waals surface area contributed by atoms with Gasteiger partial charge in [-0.15, -0.1) is 6.58 Å². The number of rotatable bonds is 12. The lowest BCUT2D eigenvalue weighted by molar-refractivity contribution is -0.143. The summed E-state index contributed by atoms with van der Waals surface area (Å²) in [5.74, 6) is -2.58. The maximum atomic E-state index is 14.2. The highest BCUT2D eigenvalue weighted by atomic mass is 16.2. The van der Waals surface area contributed by atoms with Crippen molar-refractivity contribution in [1.82, 2.24) is 26.2 Å². The normalized spacial score (nSPS) is 20.8. The zero-order valence-corrected chi connectivity index (χ0v) is 28.1. The van der Waals surface area contributed by atoms with Crippen LogP contribution in [0.3, 0.4) is 0 Å². The van der Waals surface area contributed by atoms with Crippen molar-refractivity contribution >= 4 is 35.3 Å². The summed E-state index contributed by atoms with van der Waals surface area (Å²) in [6.07, 6.45) is 6.47. The van der Waals surface area contributed by atoms with Crippen LogP contribution < -0.4 is 21.3 Å². The summed E-state index contributed by atoms with van der Waals surface area (Å²) in [7, 11) is 0. The summed E-state index contributed by atoms with van der Waals surface area (Å²) in [6, 6.07) is -2.34. The molecule has 1 saturated carbocycles. The van der Waals surface area contributed by atoms with Crippen LogP contribution in [0, 0.1) is 22.7 Å². The molecule has 2 fully saturated rings. The third-order valence-corrected chi connectivity index (χ3v) is 8.85. The largest absolute Gasteiger partial charge is 0.347 e. The van der Waals surface area contributed by atoms with Gasteiger partial charge in [0.25, 0.3) is 5.91 Å². The summed E-state index contributed by atoms with van der Waals surface area (Å²) in [4.78, 5) is 79.9. The Bertz CT molecular complexity index is 1100. The van der Waals surface area contributed by atoms with Gasteiger partial charge in [-0.2, -0.15) is 0 Å². The minimum absolute atomic E-state index is 0.0611. The highest BCUT2D eigenvalue weighted by Crippen LogP contribution is 2.35. The van der Waals surface area contributed by atoms with E-state index in [4.69, 9.17) is 0 Å². The van der Waals surface area contributed by atoms with Gasteiger partial charge in [0.1, 0.15) is 17.9 Å². The lowest BCUT2D eigenvalue weighted by atomic mass is 9.74. The maximum Gasteiger partial charge on any atom is 0.315 e. The molecule has 3 atom stereocenters. The lowest BCUT2D eigenvalue weighted by Crippen LogP contribution is -2.62. The molecule has 44 heavy (non-hydrogen) atoms. The molecule has 1 aliphatic carbocycles. The van der Waals surface area contributed by atoms with Crippen molar-refractivity contribution in [3.05, 3.63) is 12.7 Å². The molecule has 1 unspecified atom stereocenters. The number of urea groups is 1. The van der Waals surface area contributed by atoms with E-state index >= 15 is 0 Å². The highest BCUT2D eigenvalue weighted by molar-refractivity contribution is 6.37. The van der Waals surface area contributed by atoms with Crippen molar-refractivity contribution in [1.29, 1.82) is 0 Å². The topological polar surface area (TPSA) is 154 Å². The van der Waals surface area contributed by atoms with Crippen LogP contribution in [-0.2, 0) is 24.0 Å². The van der Waals surface area contributed by atoms with Gasteiger partial charge in [0.05, 0.1) is 6.54 Å². The molecule has 1 saturated heterocycles. The quantitative estimate of drug-likeness (QED) is 0.195. The second kappa shape index (κ2) is 15.2. The molecule has 0 aromatic carbocycles. The van der Waals surface area contributed by atoms with Gasteiger partial charge in [-0.1, -0.05) is 80.7 Å². The van der Waals surface area contributed by atoms with E-state index in [1.54, 1.807) is 0 Å². The fourth-order valence-corrected chi connectivity index (χ4v) is 6.08. The molecule has 0 spiro atoms. The van der Waals surface area contributed by atoms with Gasteiger partial charge in [-0.05, 0) is 36.5 Å². The monoisotopic (exact) mass is 617 g/mol. The molecule has 0 aromatic rings. The molecule has 0 radical (unpaired) electrons. The molecule has 0 aromatic heterocycles. The predicted octanol–water partition coefficient (Wildman–Crippen LogP) is 3.27. The fourth-order valence-electron chi connectivity index (χ4n) is 6.08. The van der Waals surface area contributed by atoms with Crippen LogP contribution in [0.2, 0.25) is 0 Å². The molecule has 4 N–H and O–H groups in total. The summed E-state index contributed by atoms with van der Waals surface area (Å²) in [5, 5.41) is 11.0. The molecule has 2 aliphatic rings. The zero-order valence-electron chi connectivity index (χ0n) is 28.1. The molecule has 0 bridgehead atoms. The van der Waals surface area contributed by atoms with Gasteiger partial charge in [-0.25, -0.2) is 4.79 Å². The Kier molecular flexibility index (Phi) is 12.7. The second-order valence-corrected chi connectivity index (χ2v) is 14.9. The first kappa shape index (κ1) is 36.9. The van der Waals surface area contributed by atoms with Gasteiger partial charge in [-0.3, -0.25) is 24.0 Å². The second-order valence-electron chi connectivity index (χ2n) is 14.9. The smallest absolute Gasteiger partial charge is 0.315 e. The SMILES string of the molecule is C=CCNC(=O)C(=O)CNC(=O)[C@@H]1C(C(C)C)CCN1C(=O)[C@@H](NC(=O)NC1(CC(=O)C(C)(C)C)CCCCC1)C(C)(C)C. The van der Waals surface area contributed by atoms with Crippen LogP contribution in [0.25, 0.3) is 0 Å². The molecular weight excluding hydrogens is 562 g/mol. The van der Waals surface area contributed by atoms with E-state index < -0.39 is 64.5 Å². The molecule has 11 heteroatoms. The van der Waals surface area contributed by atoms with Crippen molar-refractivity contribution in [2.24, 2.45) is 22.7 Å². The van der Waals surface area contributed by atoms with Crippen LogP contribution in [0.1, 0.15) is 100 Å². The third-order valence-electron chi connectivity index (χ3n) is 8.85. The molecule has 1 heterocycles. The Morgan fingerprint density at radius 3 is 2.09 bits per heavy atom. The van der Waals surface area contributed by atoms with E-state index in [1.165, 1.54) is 11.0 Å². The minimum atomic E-state index is -0.964. The number of hydrogen-bond donors (Lipinski definition) is 4. The van der Waals surface area contributed by atoms with Gasteiger partial charge in [0.15, 0.2) is 0 Å². The van der Waals surface area contributed by atoms with Crippen LogP contribution in [0.15, 0.2) is 12.7 Å². The molecule has 2 rings (SSSR count). The van der Waals surface area contributed by atoms with Crippen LogP contribution in [0.5, 0.6) is 0 Å². The zero-order chi connectivity index (χ0) is 33.5. The van der Waals surface area contributed by atoms with Crippen LogP contribution in [-0.4, -0.2) is 77.5 Å². The van der Waals surface area contributed by atoms with Crippen molar-refractivity contribution in [2.45, 2.75) is 118 Å². The van der Waals surface area contributed by atoms with Crippen molar-refractivity contribution < 1.29 is 28.8 Å². The molecule has 248 valence electrons. The first-order valence-electron chi connectivity index (χ1n) is 15.9. The summed E-state index contributed by atoms with van der Waals surface area (Å²) in [5.41, 5.74) is -1.92. The Labute approximate surface area is 263 Å². The molecule has 11 nitrogen and oxygen atoms in total. The third kappa shape index (κ3) is 9.89. The first-order chi connectivity index (χ1) is 20.3. The number of likely N-dealkylation sites (tertiary alicyclic amines) is 1. The Morgan fingerprint density at radius 1 is 0.955 bits per heavy atom. The van der Waals surface area contributed by atoms with E-state index in [0.29, 0.717) is 25.8 Å². The number of carbonyl (C=O) groups excluding carboxylic acids is 6. The van der Waals surface area contributed by atoms with E-state index in [2.05, 4.69) is 27.8 Å². The number of hydrogen-bond acceptors (Lipinski definition) is 6. The van der Waals surface area contributed by atoms with E-state index in [0.717, 1.165) is 19.3 Å². The maximum absolute atomic E-state index is 14.2. The van der Waals surface area contributed by atoms with Crippen molar-refractivity contribution in [3.63, 3.8) is 0 Å². The molecular formula is C33H55N5O6. The molecule has 5 amide bonds. The summed E-state index contributed by atoms with van der Waals surface area (Å²) in [6.45, 7) is 18.6. The Balaban J connectivity index is 2.25. The van der Waals surface area contributed by atoms with Gasteiger partial charge >= 0.3 is 6.03 Å². The first-order valence-corrected chi connectivity index (χ1v) is 15.9. The van der Waals surface area contributed by atoms with E-state index in [1.807, 2.05) is 55.4 Å². The number of nitrogens with zero attached hydrogens (tertiary/aromatic N) is 1. The Morgan fingerprint density at radius 2 is 1.57 bits per heavy atom. The highest BCUT2D eigenvalue weighted by Gasteiger charge is 2.47. The van der Waals surface area contributed by atoms with Gasteiger partial charge in [0.2, 0.25) is 17.6 Å². The van der Waals surface area contributed by atoms with E-state index in [-0.39, 0.29) is 30.6 Å². The summed E-state index contributed by atoms with van der Waals surface area (Å²) >= 11 is 0. The summed E-state index contributed by atoms with van der Waals surface area (Å²) < 4.78 is 0. The number of ketones is 2. The standard InChI is InChI=1S/C33H55N5O6/c1-10-17-34-27(41)23(39)20-35-28(42)25-22(21(2)3)14-18-38(25)29(43)26(32(7,8)9)36-30(44)37-33(15-12-11-13-16-33)19-24(40)31(4,5)6/h10,21-22,25-26H,1,11-20H2,2-9H3,(H,34,41)(H,35,42)(H2,36,37,44)/t22?,25-,26+/m0/s1. The van der Waals surface area contributed by atoms with Crippen LogP contribution in [0.4, 0.5) is 4.79 Å². The molecule has 1 aliphatic heterocycles. The van der Waals surface area contributed by atoms with Gasteiger partial charge in [0, 0.05) is 30.5 Å². The number of carbonyl (C=O) groups is 6. The number of nitrogens with one attached hydrogen (secondary N) is 4. The van der Waals surface area contributed by atoms with Crippen molar-refractivity contribution in [2.75, 3.05) is 19.6 Å². The fraction of sp³-hybridized carbons (Fsp3) is 0.758. The predicted molar refractivity (Wildman–Crippen MR) is 169 cm³/mol. The van der Waals surface area contributed by atoms with Gasteiger partial charge < -0.3 is 26.2 Å².